The maximum absolute atomic E-state index is 11.6. The number of nitrogens with one attached hydrogen (secondary N) is 1. The number of benzene rings is 2. The Labute approximate surface area is 153 Å². The molecule has 2 aliphatic heterocycles. The molecule has 26 heavy (non-hydrogen) atoms. The molecular weight excluding hydrogens is 348 g/mol. The first-order valence-corrected chi connectivity index (χ1v) is 9.07. The van der Waals surface area contributed by atoms with Gasteiger partial charge in [0.2, 0.25) is 0 Å². The van der Waals surface area contributed by atoms with Gasteiger partial charge < -0.3 is 10.1 Å². The molecule has 0 spiro atoms. The zero-order valence-electron chi connectivity index (χ0n) is 13.6. The predicted octanol–water partition coefficient (Wildman–Crippen LogP) is 3.31. The number of aromatic nitrogens is 2. The minimum Gasteiger partial charge on any atom is -0.482 e. The van der Waals surface area contributed by atoms with E-state index in [9.17, 15) is 4.79 Å². The number of thioether (sulfide) groups is 1. The molecule has 2 aliphatic rings. The SMILES string of the molecule is O=C1COc2ccc(C3=Nn4ccnc4SC3c3ccccc3)cc2N1. The first-order chi connectivity index (χ1) is 12.8. The van der Waals surface area contributed by atoms with Crippen LogP contribution in [-0.2, 0) is 4.79 Å². The number of carbonyl (C=O) groups is 1. The fraction of sp³-hybridized carbons (Fsp3) is 0.105. The molecule has 1 N–H and O–H groups in total. The molecule has 1 atom stereocenters. The van der Waals surface area contributed by atoms with E-state index >= 15 is 0 Å². The number of fused-ring (bicyclic) bond motifs is 2. The average molecular weight is 362 g/mol. The first kappa shape index (κ1) is 15.2. The highest BCUT2D eigenvalue weighted by molar-refractivity contribution is 8.00. The molecule has 1 aromatic heterocycles. The molecule has 1 amide bonds. The van der Waals surface area contributed by atoms with Crippen LogP contribution in [0.4, 0.5) is 5.69 Å². The van der Waals surface area contributed by atoms with Crippen LogP contribution in [0.15, 0.2) is 71.2 Å². The van der Waals surface area contributed by atoms with Crippen molar-refractivity contribution in [1.29, 1.82) is 0 Å². The number of rotatable bonds is 2. The summed E-state index contributed by atoms with van der Waals surface area (Å²) >= 11 is 1.66. The Morgan fingerprint density at radius 1 is 1.19 bits per heavy atom. The van der Waals surface area contributed by atoms with Crippen LogP contribution in [0.25, 0.3) is 0 Å². The largest absolute Gasteiger partial charge is 0.482 e. The molecule has 0 radical (unpaired) electrons. The van der Waals surface area contributed by atoms with Gasteiger partial charge in [0, 0.05) is 18.0 Å². The summed E-state index contributed by atoms with van der Waals surface area (Å²) in [6, 6.07) is 16.0. The molecule has 0 fully saturated rings. The molecule has 6 nitrogen and oxygen atoms in total. The van der Waals surface area contributed by atoms with Crippen LogP contribution >= 0.6 is 11.8 Å². The van der Waals surface area contributed by atoms with E-state index in [1.54, 1.807) is 22.6 Å². The van der Waals surface area contributed by atoms with Crippen LogP contribution in [0.3, 0.4) is 0 Å². The fourth-order valence-electron chi connectivity index (χ4n) is 3.08. The Bertz CT molecular complexity index is 1030. The Kier molecular flexibility index (Phi) is 3.53. The predicted molar refractivity (Wildman–Crippen MR) is 99.8 cm³/mol. The summed E-state index contributed by atoms with van der Waals surface area (Å²) < 4.78 is 7.25. The summed E-state index contributed by atoms with van der Waals surface area (Å²) in [6.07, 6.45) is 3.59. The lowest BCUT2D eigenvalue weighted by molar-refractivity contribution is -0.118. The van der Waals surface area contributed by atoms with Crippen molar-refractivity contribution >= 4 is 29.1 Å². The number of nitrogens with zero attached hydrogens (tertiary/aromatic N) is 3. The van der Waals surface area contributed by atoms with Crippen molar-refractivity contribution in [2.45, 2.75) is 10.4 Å². The van der Waals surface area contributed by atoms with Crippen LogP contribution in [0.2, 0.25) is 0 Å². The van der Waals surface area contributed by atoms with Crippen molar-refractivity contribution < 1.29 is 9.53 Å². The quantitative estimate of drug-likeness (QED) is 0.759. The maximum atomic E-state index is 11.6. The highest BCUT2D eigenvalue weighted by Crippen LogP contribution is 2.41. The molecule has 3 aromatic rings. The number of carbonyl (C=O) groups excluding carboxylic acids is 1. The molecule has 5 rings (SSSR count). The molecule has 1 unspecified atom stereocenters. The van der Waals surface area contributed by atoms with Crippen molar-refractivity contribution in [2.24, 2.45) is 5.10 Å². The monoisotopic (exact) mass is 362 g/mol. The van der Waals surface area contributed by atoms with E-state index in [4.69, 9.17) is 9.84 Å². The van der Waals surface area contributed by atoms with Gasteiger partial charge in [0.15, 0.2) is 11.8 Å². The van der Waals surface area contributed by atoms with Crippen LogP contribution in [-0.4, -0.2) is 27.9 Å². The second kappa shape index (κ2) is 6.03. The van der Waals surface area contributed by atoms with E-state index in [-0.39, 0.29) is 17.8 Å². The molecule has 0 aliphatic carbocycles. The average Bonchev–Trinajstić information content (AvgIpc) is 3.14. The number of imidazole rings is 1. The molecule has 7 heteroatoms. The van der Waals surface area contributed by atoms with Gasteiger partial charge in [-0.25, -0.2) is 9.66 Å². The molecule has 3 heterocycles. The second-order valence-electron chi connectivity index (χ2n) is 6.00. The maximum Gasteiger partial charge on any atom is 0.262 e. The lowest BCUT2D eigenvalue weighted by Crippen LogP contribution is -2.26. The first-order valence-electron chi connectivity index (χ1n) is 8.19. The lowest BCUT2D eigenvalue weighted by atomic mass is 10.0. The van der Waals surface area contributed by atoms with E-state index in [0.717, 1.165) is 22.0 Å². The Balaban J connectivity index is 1.63. The minimum atomic E-state index is -0.147. The molecule has 0 saturated carbocycles. The smallest absolute Gasteiger partial charge is 0.262 e. The van der Waals surface area contributed by atoms with Gasteiger partial charge in [-0.3, -0.25) is 4.79 Å². The third kappa shape index (κ3) is 2.57. The van der Waals surface area contributed by atoms with E-state index in [2.05, 4.69) is 22.4 Å². The van der Waals surface area contributed by atoms with E-state index in [0.29, 0.717) is 11.4 Å². The zero-order chi connectivity index (χ0) is 17.5. The van der Waals surface area contributed by atoms with E-state index in [1.165, 1.54) is 0 Å². The third-order valence-corrected chi connectivity index (χ3v) is 5.52. The van der Waals surface area contributed by atoms with Gasteiger partial charge in [-0.2, -0.15) is 5.10 Å². The molecule has 0 bridgehead atoms. The van der Waals surface area contributed by atoms with Gasteiger partial charge in [0.05, 0.1) is 16.6 Å². The Morgan fingerprint density at radius 2 is 2.08 bits per heavy atom. The normalized spacial score (nSPS) is 18.2. The van der Waals surface area contributed by atoms with Crippen molar-refractivity contribution in [3.8, 4) is 5.75 Å². The van der Waals surface area contributed by atoms with Gasteiger partial charge in [0.25, 0.3) is 5.91 Å². The highest BCUT2D eigenvalue weighted by Gasteiger charge is 2.28. The summed E-state index contributed by atoms with van der Waals surface area (Å²) in [7, 11) is 0. The Morgan fingerprint density at radius 3 is 2.96 bits per heavy atom. The lowest BCUT2D eigenvalue weighted by Gasteiger charge is -2.25. The number of hydrogen-bond donors (Lipinski definition) is 1. The summed E-state index contributed by atoms with van der Waals surface area (Å²) in [5.74, 6) is 0.531. The second-order valence-corrected chi connectivity index (χ2v) is 7.07. The number of hydrogen-bond acceptors (Lipinski definition) is 5. The van der Waals surface area contributed by atoms with E-state index < -0.39 is 0 Å². The fourth-order valence-corrected chi connectivity index (χ4v) is 4.21. The van der Waals surface area contributed by atoms with Crippen molar-refractivity contribution in [3.63, 3.8) is 0 Å². The number of ether oxygens (including phenoxy) is 1. The standard InChI is InChI=1S/C19H14N4O2S/c24-16-11-25-15-7-6-13(10-14(15)21-16)17-18(12-4-2-1-3-5-12)26-19-20-8-9-23(19)22-17/h1-10,18H,11H2,(H,21,24). The van der Waals surface area contributed by atoms with Crippen molar-refractivity contribution in [1.82, 2.24) is 9.66 Å². The van der Waals surface area contributed by atoms with Gasteiger partial charge in [-0.1, -0.05) is 42.1 Å². The minimum absolute atomic E-state index is 0.0179. The Hall–Kier alpha value is -3.06. The van der Waals surface area contributed by atoms with Crippen LogP contribution in [0, 0.1) is 0 Å². The van der Waals surface area contributed by atoms with Crippen molar-refractivity contribution in [2.75, 3.05) is 11.9 Å². The summed E-state index contributed by atoms with van der Waals surface area (Å²) in [5.41, 5.74) is 3.68. The zero-order valence-corrected chi connectivity index (χ0v) is 14.4. The summed E-state index contributed by atoms with van der Waals surface area (Å²) in [4.78, 5) is 16.0. The van der Waals surface area contributed by atoms with Crippen molar-refractivity contribution in [3.05, 3.63) is 72.1 Å². The van der Waals surface area contributed by atoms with Gasteiger partial charge in [0.1, 0.15) is 5.75 Å². The van der Waals surface area contributed by atoms with Crippen LogP contribution in [0.1, 0.15) is 16.4 Å². The molecule has 128 valence electrons. The van der Waals surface area contributed by atoms with E-state index in [1.807, 2.05) is 42.6 Å². The summed E-state index contributed by atoms with van der Waals surface area (Å²) in [5, 5.41) is 8.54. The highest BCUT2D eigenvalue weighted by atomic mass is 32.2. The molecule has 2 aromatic carbocycles. The van der Waals surface area contributed by atoms with Gasteiger partial charge >= 0.3 is 0 Å². The van der Waals surface area contributed by atoms with Crippen LogP contribution in [0.5, 0.6) is 5.75 Å². The topological polar surface area (TPSA) is 68.5 Å². The van der Waals surface area contributed by atoms with Crippen LogP contribution < -0.4 is 10.1 Å². The molecule has 0 saturated heterocycles. The summed E-state index contributed by atoms with van der Waals surface area (Å²) in [6.45, 7) is 0.0498. The molecular formula is C19H14N4O2S. The van der Waals surface area contributed by atoms with Gasteiger partial charge in [-0.15, -0.1) is 0 Å². The van der Waals surface area contributed by atoms with Gasteiger partial charge in [-0.05, 0) is 23.8 Å². The number of anilines is 1. The number of amides is 1. The third-order valence-electron chi connectivity index (χ3n) is 4.29.